The molecule has 1 saturated carbocycles. The number of anilines is 1. The van der Waals surface area contributed by atoms with Gasteiger partial charge in [0.15, 0.2) is 0 Å². The number of nitrogens with one attached hydrogen (secondary N) is 2. The Morgan fingerprint density at radius 2 is 1.81 bits per heavy atom. The average Bonchev–Trinajstić information content (AvgIpc) is 2.66. The summed E-state index contributed by atoms with van der Waals surface area (Å²) < 4.78 is 0. The Hall–Kier alpha value is -1.75. The van der Waals surface area contributed by atoms with E-state index >= 15 is 0 Å². The first-order chi connectivity index (χ1) is 10.1. The predicted molar refractivity (Wildman–Crippen MR) is 82.1 cm³/mol. The summed E-state index contributed by atoms with van der Waals surface area (Å²) in [6.45, 7) is 0. The van der Waals surface area contributed by atoms with Crippen molar-refractivity contribution in [3.8, 4) is 0 Å². The molecule has 3 N–H and O–H groups in total. The number of halogens is 1. The third-order valence-electron chi connectivity index (χ3n) is 3.67. The van der Waals surface area contributed by atoms with Crippen molar-refractivity contribution < 1.29 is 14.7 Å². The molecule has 2 rings (SSSR count). The van der Waals surface area contributed by atoms with Gasteiger partial charge in [0.25, 0.3) is 0 Å². The van der Waals surface area contributed by atoms with Crippen LogP contribution in [-0.4, -0.2) is 23.1 Å². The van der Waals surface area contributed by atoms with Gasteiger partial charge in [-0.15, -0.1) is 0 Å². The van der Waals surface area contributed by atoms with Crippen molar-refractivity contribution in [3.05, 3.63) is 28.8 Å². The van der Waals surface area contributed by atoms with Crippen molar-refractivity contribution in [2.24, 2.45) is 0 Å². The standard InChI is InChI=1S/C15H19ClN2O3/c16-11-8-5-9-12(13(11)14(19)20)18-15(21)17-10-6-3-1-2-4-7-10/h5,8-10H,1-4,6-7H2,(H,19,20)(H2,17,18,21). The van der Waals surface area contributed by atoms with Crippen LogP contribution in [-0.2, 0) is 0 Å². The third-order valence-corrected chi connectivity index (χ3v) is 3.98. The molecule has 5 nitrogen and oxygen atoms in total. The second kappa shape index (κ2) is 7.31. The number of amides is 2. The molecule has 0 bridgehead atoms. The van der Waals surface area contributed by atoms with Crippen LogP contribution in [0.15, 0.2) is 18.2 Å². The molecule has 1 fully saturated rings. The Labute approximate surface area is 128 Å². The van der Waals surface area contributed by atoms with Crippen LogP contribution >= 0.6 is 11.6 Å². The lowest BCUT2D eigenvalue weighted by Crippen LogP contribution is -2.37. The first-order valence-corrected chi connectivity index (χ1v) is 7.55. The molecule has 1 aliphatic carbocycles. The zero-order valence-corrected chi connectivity index (χ0v) is 12.4. The largest absolute Gasteiger partial charge is 0.478 e. The highest BCUT2D eigenvalue weighted by atomic mass is 35.5. The van der Waals surface area contributed by atoms with Crippen LogP contribution < -0.4 is 10.6 Å². The number of hydrogen-bond acceptors (Lipinski definition) is 2. The summed E-state index contributed by atoms with van der Waals surface area (Å²) in [5, 5.41) is 14.8. The highest BCUT2D eigenvalue weighted by Crippen LogP contribution is 2.24. The molecule has 21 heavy (non-hydrogen) atoms. The van der Waals surface area contributed by atoms with Crippen molar-refractivity contribution in [3.63, 3.8) is 0 Å². The second-order valence-electron chi connectivity index (χ2n) is 5.25. The summed E-state index contributed by atoms with van der Waals surface area (Å²) in [4.78, 5) is 23.2. The van der Waals surface area contributed by atoms with E-state index in [4.69, 9.17) is 16.7 Å². The first kappa shape index (κ1) is 15.6. The summed E-state index contributed by atoms with van der Waals surface area (Å²) in [5.41, 5.74) is 0.122. The number of carboxylic acids is 1. The van der Waals surface area contributed by atoms with Crippen molar-refractivity contribution in [2.75, 3.05) is 5.32 Å². The van der Waals surface area contributed by atoms with Gasteiger partial charge in [-0.1, -0.05) is 43.4 Å². The highest BCUT2D eigenvalue weighted by Gasteiger charge is 2.18. The Bertz CT molecular complexity index is 526. The van der Waals surface area contributed by atoms with Gasteiger partial charge in [-0.05, 0) is 25.0 Å². The first-order valence-electron chi connectivity index (χ1n) is 7.17. The maximum atomic E-state index is 12.0. The summed E-state index contributed by atoms with van der Waals surface area (Å²) in [6.07, 6.45) is 6.57. The Balaban J connectivity index is 2.02. The second-order valence-corrected chi connectivity index (χ2v) is 5.66. The normalized spacial score (nSPS) is 16.0. The zero-order valence-electron chi connectivity index (χ0n) is 11.7. The van der Waals surface area contributed by atoms with Gasteiger partial charge in [0.05, 0.1) is 10.7 Å². The predicted octanol–water partition coefficient (Wildman–Crippen LogP) is 3.88. The fraction of sp³-hybridized carbons (Fsp3) is 0.467. The molecular formula is C15H19ClN2O3. The number of carbonyl (C=O) groups is 2. The van der Waals surface area contributed by atoms with Gasteiger partial charge >= 0.3 is 12.0 Å². The van der Waals surface area contributed by atoms with E-state index in [1.54, 1.807) is 6.07 Å². The molecule has 0 atom stereocenters. The van der Waals surface area contributed by atoms with Crippen LogP contribution in [0.1, 0.15) is 48.9 Å². The van der Waals surface area contributed by atoms with E-state index in [0.717, 1.165) is 25.7 Å². The van der Waals surface area contributed by atoms with Crippen molar-refractivity contribution >= 4 is 29.3 Å². The van der Waals surface area contributed by atoms with Crippen LogP contribution in [0.5, 0.6) is 0 Å². The monoisotopic (exact) mass is 310 g/mol. The van der Waals surface area contributed by atoms with Gasteiger partial charge in [0.1, 0.15) is 5.56 Å². The lowest BCUT2D eigenvalue weighted by atomic mass is 10.1. The number of benzene rings is 1. The summed E-state index contributed by atoms with van der Waals surface area (Å²) >= 11 is 5.87. The molecule has 0 heterocycles. The molecule has 0 unspecified atom stereocenters. The SMILES string of the molecule is O=C(Nc1cccc(Cl)c1C(=O)O)NC1CCCCCC1. The number of carboxylic acid groups (broad SMARTS) is 1. The Morgan fingerprint density at radius 1 is 1.14 bits per heavy atom. The lowest BCUT2D eigenvalue weighted by Gasteiger charge is -2.17. The van der Waals surface area contributed by atoms with Gasteiger partial charge in [-0.2, -0.15) is 0 Å². The molecular weight excluding hydrogens is 292 g/mol. The summed E-state index contributed by atoms with van der Waals surface area (Å²) in [7, 11) is 0. The fourth-order valence-electron chi connectivity index (χ4n) is 2.61. The van der Waals surface area contributed by atoms with Crippen LogP contribution in [0, 0.1) is 0 Å². The number of hydrogen-bond donors (Lipinski definition) is 3. The van der Waals surface area contributed by atoms with E-state index in [0.29, 0.717) is 0 Å². The summed E-state index contributed by atoms with van der Waals surface area (Å²) in [5.74, 6) is -1.16. The molecule has 0 aliphatic heterocycles. The van der Waals surface area contributed by atoms with Crippen LogP contribution in [0.3, 0.4) is 0 Å². The van der Waals surface area contributed by atoms with Gasteiger partial charge in [0.2, 0.25) is 0 Å². The quantitative estimate of drug-likeness (QED) is 0.741. The molecule has 6 heteroatoms. The molecule has 2 amide bonds. The topological polar surface area (TPSA) is 78.4 Å². The van der Waals surface area contributed by atoms with Crippen LogP contribution in [0.2, 0.25) is 5.02 Å². The van der Waals surface area contributed by atoms with Crippen molar-refractivity contribution in [1.29, 1.82) is 0 Å². The van der Waals surface area contributed by atoms with E-state index in [1.165, 1.54) is 25.0 Å². The van der Waals surface area contributed by atoms with E-state index in [9.17, 15) is 9.59 Å². The van der Waals surface area contributed by atoms with Gasteiger partial charge in [0, 0.05) is 6.04 Å². The smallest absolute Gasteiger partial charge is 0.339 e. The number of carbonyl (C=O) groups excluding carboxylic acids is 1. The van der Waals surface area contributed by atoms with Gasteiger partial charge in [-0.3, -0.25) is 0 Å². The molecule has 1 aromatic carbocycles. The maximum absolute atomic E-state index is 12.0. The molecule has 114 valence electrons. The Morgan fingerprint density at radius 3 is 2.43 bits per heavy atom. The van der Waals surface area contributed by atoms with E-state index in [-0.39, 0.29) is 28.3 Å². The van der Waals surface area contributed by atoms with Crippen molar-refractivity contribution in [2.45, 2.75) is 44.6 Å². The number of rotatable bonds is 3. The van der Waals surface area contributed by atoms with Crippen LogP contribution in [0.25, 0.3) is 0 Å². The summed E-state index contributed by atoms with van der Waals surface area (Å²) in [6, 6.07) is 4.39. The number of urea groups is 1. The molecule has 1 aliphatic rings. The van der Waals surface area contributed by atoms with Gasteiger partial charge in [-0.25, -0.2) is 9.59 Å². The molecule has 1 aromatic rings. The number of aromatic carboxylic acids is 1. The van der Waals surface area contributed by atoms with Crippen LogP contribution in [0.4, 0.5) is 10.5 Å². The Kier molecular flexibility index (Phi) is 5.44. The minimum atomic E-state index is -1.16. The molecule has 0 aromatic heterocycles. The minimum Gasteiger partial charge on any atom is -0.478 e. The van der Waals surface area contributed by atoms with E-state index < -0.39 is 5.97 Å². The molecule has 0 radical (unpaired) electrons. The molecule has 0 spiro atoms. The average molecular weight is 311 g/mol. The highest BCUT2D eigenvalue weighted by molar-refractivity contribution is 6.34. The van der Waals surface area contributed by atoms with E-state index in [1.807, 2.05) is 0 Å². The van der Waals surface area contributed by atoms with E-state index in [2.05, 4.69) is 10.6 Å². The maximum Gasteiger partial charge on any atom is 0.339 e. The minimum absolute atomic E-state index is 0.0878. The van der Waals surface area contributed by atoms with Gasteiger partial charge < -0.3 is 15.7 Å². The molecule has 0 saturated heterocycles. The van der Waals surface area contributed by atoms with Crippen molar-refractivity contribution in [1.82, 2.24) is 5.32 Å². The zero-order chi connectivity index (χ0) is 15.2. The fourth-order valence-corrected chi connectivity index (χ4v) is 2.87. The third kappa shape index (κ3) is 4.36. The lowest BCUT2D eigenvalue weighted by molar-refractivity contribution is 0.0698.